The minimum atomic E-state index is 0.0552. The molecule has 138 valence electrons. The van der Waals surface area contributed by atoms with Crippen LogP contribution in [0.25, 0.3) is 0 Å². The molecule has 1 saturated heterocycles. The average molecular weight is 372 g/mol. The van der Waals surface area contributed by atoms with Gasteiger partial charge in [0.15, 0.2) is 0 Å². The quantitative estimate of drug-likeness (QED) is 0.806. The van der Waals surface area contributed by atoms with Crippen LogP contribution in [0.4, 0.5) is 0 Å². The fraction of sp³-hybridized carbons (Fsp3) is 0.381. The van der Waals surface area contributed by atoms with Gasteiger partial charge in [-0.1, -0.05) is 35.9 Å². The first-order chi connectivity index (χ1) is 12.5. The molecule has 2 aromatic carbocycles. The van der Waals surface area contributed by atoms with E-state index in [2.05, 4.69) is 28.0 Å². The molecule has 1 heterocycles. The zero-order valence-electron chi connectivity index (χ0n) is 15.5. The van der Waals surface area contributed by atoms with Gasteiger partial charge in [0.1, 0.15) is 0 Å². The van der Waals surface area contributed by atoms with Crippen molar-refractivity contribution in [2.75, 3.05) is 40.3 Å². The van der Waals surface area contributed by atoms with E-state index in [1.807, 2.05) is 30.3 Å². The summed E-state index contributed by atoms with van der Waals surface area (Å²) in [6, 6.07) is 16.1. The first-order valence-electron chi connectivity index (χ1n) is 9.01. The Balaban J connectivity index is 1.52. The van der Waals surface area contributed by atoms with Crippen LogP contribution >= 0.6 is 11.6 Å². The van der Waals surface area contributed by atoms with Crippen LogP contribution in [0.2, 0.25) is 5.02 Å². The van der Waals surface area contributed by atoms with Crippen LogP contribution in [0.5, 0.6) is 0 Å². The zero-order valence-corrected chi connectivity index (χ0v) is 16.2. The second kappa shape index (κ2) is 8.67. The van der Waals surface area contributed by atoms with E-state index in [-0.39, 0.29) is 5.91 Å². The van der Waals surface area contributed by atoms with Gasteiger partial charge in [-0.15, -0.1) is 0 Å². The zero-order chi connectivity index (χ0) is 18.5. The molecule has 1 aliphatic rings. The Morgan fingerprint density at radius 1 is 0.923 bits per heavy atom. The maximum Gasteiger partial charge on any atom is 0.253 e. The van der Waals surface area contributed by atoms with Crippen molar-refractivity contribution in [3.8, 4) is 0 Å². The molecule has 5 heteroatoms. The summed E-state index contributed by atoms with van der Waals surface area (Å²) in [5, 5.41) is 0.786. The molecule has 1 amide bonds. The smallest absolute Gasteiger partial charge is 0.253 e. The van der Waals surface area contributed by atoms with Gasteiger partial charge >= 0.3 is 0 Å². The lowest BCUT2D eigenvalue weighted by Crippen LogP contribution is -2.45. The predicted molar refractivity (Wildman–Crippen MR) is 106 cm³/mol. The Morgan fingerprint density at radius 2 is 1.50 bits per heavy atom. The number of amides is 1. The lowest BCUT2D eigenvalue weighted by molar-refractivity contribution is 0.0827. The third kappa shape index (κ3) is 5.07. The lowest BCUT2D eigenvalue weighted by atomic mass is 10.1. The molecule has 2 aromatic rings. The number of benzene rings is 2. The third-order valence-electron chi connectivity index (χ3n) is 4.77. The SMILES string of the molecule is CN(C)C(=O)c1cccc(CN2CCN(Cc3ccc(Cl)cc3)CC2)c1. The normalized spacial score (nSPS) is 15.8. The molecule has 3 rings (SSSR count). The van der Waals surface area contributed by atoms with Gasteiger partial charge in [0.05, 0.1) is 0 Å². The second-order valence-electron chi connectivity index (χ2n) is 7.08. The van der Waals surface area contributed by atoms with E-state index >= 15 is 0 Å². The van der Waals surface area contributed by atoms with E-state index in [1.54, 1.807) is 19.0 Å². The molecular weight excluding hydrogens is 346 g/mol. The van der Waals surface area contributed by atoms with Crippen molar-refractivity contribution in [2.45, 2.75) is 13.1 Å². The van der Waals surface area contributed by atoms with Crippen LogP contribution in [0, 0.1) is 0 Å². The van der Waals surface area contributed by atoms with Crippen LogP contribution in [0.3, 0.4) is 0 Å². The standard InChI is InChI=1S/C21H26ClN3O/c1-23(2)21(26)19-5-3-4-18(14-19)16-25-12-10-24(11-13-25)15-17-6-8-20(22)9-7-17/h3-9,14H,10-13,15-16H2,1-2H3. The highest BCUT2D eigenvalue weighted by Gasteiger charge is 2.17. The van der Waals surface area contributed by atoms with E-state index < -0.39 is 0 Å². The van der Waals surface area contributed by atoms with Gasteiger partial charge in [0.25, 0.3) is 5.91 Å². The van der Waals surface area contributed by atoms with Gasteiger partial charge in [-0.2, -0.15) is 0 Å². The number of hydrogen-bond donors (Lipinski definition) is 0. The monoisotopic (exact) mass is 371 g/mol. The Bertz CT molecular complexity index is 737. The number of piperazine rings is 1. The largest absolute Gasteiger partial charge is 0.345 e. The van der Waals surface area contributed by atoms with E-state index in [0.29, 0.717) is 0 Å². The van der Waals surface area contributed by atoms with Crippen molar-refractivity contribution in [3.05, 3.63) is 70.2 Å². The third-order valence-corrected chi connectivity index (χ3v) is 5.02. The summed E-state index contributed by atoms with van der Waals surface area (Å²) in [5.74, 6) is 0.0552. The minimum Gasteiger partial charge on any atom is -0.345 e. The summed E-state index contributed by atoms with van der Waals surface area (Å²) in [6.07, 6.45) is 0. The lowest BCUT2D eigenvalue weighted by Gasteiger charge is -2.34. The van der Waals surface area contributed by atoms with E-state index in [1.165, 1.54) is 11.1 Å². The molecule has 4 nitrogen and oxygen atoms in total. The molecule has 0 saturated carbocycles. The van der Waals surface area contributed by atoms with E-state index in [9.17, 15) is 4.79 Å². The summed E-state index contributed by atoms with van der Waals surface area (Å²) in [6.45, 7) is 6.05. The van der Waals surface area contributed by atoms with Gasteiger partial charge in [-0.25, -0.2) is 0 Å². The number of hydrogen-bond acceptors (Lipinski definition) is 3. The first kappa shape index (κ1) is 18.9. The fourth-order valence-corrected chi connectivity index (χ4v) is 3.40. The molecule has 0 N–H and O–H groups in total. The number of nitrogens with zero attached hydrogens (tertiary/aromatic N) is 3. The van der Waals surface area contributed by atoms with Gasteiger partial charge < -0.3 is 4.90 Å². The molecule has 0 spiro atoms. The minimum absolute atomic E-state index is 0.0552. The van der Waals surface area contributed by atoms with Gasteiger partial charge in [0, 0.05) is 63.9 Å². The molecule has 0 atom stereocenters. The van der Waals surface area contributed by atoms with Crippen molar-refractivity contribution in [1.82, 2.24) is 14.7 Å². The highest BCUT2D eigenvalue weighted by Crippen LogP contribution is 2.15. The van der Waals surface area contributed by atoms with Crippen molar-refractivity contribution in [1.29, 1.82) is 0 Å². The summed E-state index contributed by atoms with van der Waals surface area (Å²) >= 11 is 5.95. The van der Waals surface area contributed by atoms with Crippen LogP contribution < -0.4 is 0 Å². The Kier molecular flexibility index (Phi) is 6.30. The van der Waals surface area contributed by atoms with Crippen LogP contribution in [-0.4, -0.2) is 60.9 Å². The average Bonchev–Trinajstić information content (AvgIpc) is 2.65. The first-order valence-corrected chi connectivity index (χ1v) is 9.39. The molecule has 0 unspecified atom stereocenters. The number of halogens is 1. The summed E-state index contributed by atoms with van der Waals surface area (Å²) < 4.78 is 0. The van der Waals surface area contributed by atoms with Gasteiger partial charge in [-0.3, -0.25) is 14.6 Å². The second-order valence-corrected chi connectivity index (χ2v) is 7.52. The molecule has 0 aromatic heterocycles. The molecule has 26 heavy (non-hydrogen) atoms. The predicted octanol–water partition coefficient (Wildman–Crippen LogP) is 3.36. The summed E-state index contributed by atoms with van der Waals surface area (Å²) in [7, 11) is 3.57. The number of carbonyl (C=O) groups excluding carboxylic acids is 1. The molecule has 0 bridgehead atoms. The Morgan fingerprint density at radius 3 is 2.08 bits per heavy atom. The summed E-state index contributed by atoms with van der Waals surface area (Å²) in [4.78, 5) is 18.7. The van der Waals surface area contributed by atoms with E-state index in [4.69, 9.17) is 11.6 Å². The van der Waals surface area contributed by atoms with Crippen LogP contribution in [-0.2, 0) is 13.1 Å². The number of carbonyl (C=O) groups is 1. The maximum atomic E-state index is 12.1. The van der Waals surface area contributed by atoms with Crippen molar-refractivity contribution in [3.63, 3.8) is 0 Å². The molecule has 1 aliphatic heterocycles. The van der Waals surface area contributed by atoms with Crippen LogP contribution in [0.1, 0.15) is 21.5 Å². The van der Waals surface area contributed by atoms with Crippen molar-refractivity contribution in [2.24, 2.45) is 0 Å². The highest BCUT2D eigenvalue weighted by atomic mass is 35.5. The molecule has 1 fully saturated rings. The fourth-order valence-electron chi connectivity index (χ4n) is 3.27. The van der Waals surface area contributed by atoms with Gasteiger partial charge in [-0.05, 0) is 35.4 Å². The molecular formula is C21H26ClN3O. The highest BCUT2D eigenvalue weighted by molar-refractivity contribution is 6.30. The van der Waals surface area contributed by atoms with Gasteiger partial charge in [0.2, 0.25) is 0 Å². The Hall–Kier alpha value is -1.88. The number of rotatable bonds is 5. The topological polar surface area (TPSA) is 26.8 Å². The molecule has 0 aliphatic carbocycles. The Labute approximate surface area is 161 Å². The van der Waals surface area contributed by atoms with Crippen molar-refractivity contribution >= 4 is 17.5 Å². The molecule has 0 radical (unpaired) electrons. The van der Waals surface area contributed by atoms with E-state index in [0.717, 1.165) is 49.9 Å². The summed E-state index contributed by atoms with van der Waals surface area (Å²) in [5.41, 5.74) is 3.26. The van der Waals surface area contributed by atoms with Crippen LogP contribution in [0.15, 0.2) is 48.5 Å². The maximum absolute atomic E-state index is 12.1. The van der Waals surface area contributed by atoms with Crippen molar-refractivity contribution < 1.29 is 4.79 Å².